The van der Waals surface area contributed by atoms with E-state index in [1.165, 1.54) is 0 Å². The van der Waals surface area contributed by atoms with E-state index in [-0.39, 0.29) is 5.92 Å². The highest BCUT2D eigenvalue weighted by Gasteiger charge is 2.22. The second kappa shape index (κ2) is 8.32. The van der Waals surface area contributed by atoms with Gasteiger partial charge in [-0.3, -0.25) is 0 Å². The summed E-state index contributed by atoms with van der Waals surface area (Å²) in [7, 11) is 5.48. The first-order valence-electron chi connectivity index (χ1n) is 7.22. The first-order chi connectivity index (χ1) is 11.3. The van der Waals surface area contributed by atoms with Crippen LogP contribution in [-0.4, -0.2) is 41.4 Å². The summed E-state index contributed by atoms with van der Waals surface area (Å²) in [5, 5.41) is 0.951. The molecule has 0 fully saturated rings. The largest absolute Gasteiger partial charge is 0.495 e. The molecule has 7 heteroatoms. The summed E-state index contributed by atoms with van der Waals surface area (Å²) in [4.78, 5) is 2.38. The molecule has 0 aromatic heterocycles. The van der Waals surface area contributed by atoms with Crippen LogP contribution in [0.2, 0.25) is 10.0 Å². The quantitative estimate of drug-likeness (QED) is 0.751. The Morgan fingerprint density at radius 3 is 2.54 bits per heavy atom. The first-order valence-corrected chi connectivity index (χ1v) is 9.08. The average molecular weight is 388 g/mol. The van der Waals surface area contributed by atoms with Gasteiger partial charge in [0.25, 0.3) is 0 Å². The number of likely N-dealkylation sites (N-methyl/N-ethyl adjacent to an activating group) is 1. The molecule has 2 aromatic carbocycles. The molecule has 24 heavy (non-hydrogen) atoms. The monoisotopic (exact) mass is 387 g/mol. The Hall–Kier alpha value is -1.11. The lowest BCUT2D eigenvalue weighted by molar-refractivity contribution is 0.375. The third-order valence-electron chi connectivity index (χ3n) is 3.63. The Kier molecular flexibility index (Phi) is 6.66. The molecule has 0 heterocycles. The fourth-order valence-electron chi connectivity index (χ4n) is 2.64. The molecule has 0 amide bonds. The van der Waals surface area contributed by atoms with Gasteiger partial charge in [0.15, 0.2) is 11.1 Å². The predicted molar refractivity (Wildman–Crippen MR) is 98.9 cm³/mol. The fraction of sp³-hybridized carbons (Fsp3) is 0.294. The smallest absolute Gasteiger partial charge is 0.186 e. The summed E-state index contributed by atoms with van der Waals surface area (Å²) in [6, 6.07) is 10.5. The topological polar surface area (TPSA) is 49.8 Å². The van der Waals surface area contributed by atoms with Crippen molar-refractivity contribution in [3.05, 3.63) is 57.6 Å². The molecule has 2 aromatic rings. The highest BCUT2D eigenvalue weighted by atomic mass is 35.5. The lowest BCUT2D eigenvalue weighted by Gasteiger charge is -2.25. The summed E-state index contributed by atoms with van der Waals surface area (Å²) in [6.45, 7) is 0.661. The molecule has 0 bridgehead atoms. The van der Waals surface area contributed by atoms with E-state index in [0.717, 1.165) is 11.1 Å². The summed E-state index contributed by atoms with van der Waals surface area (Å²) in [6.07, 6.45) is 0. The third kappa shape index (κ3) is 4.49. The summed E-state index contributed by atoms with van der Waals surface area (Å²) < 4.78 is 26.2. The van der Waals surface area contributed by atoms with Crippen molar-refractivity contribution in [3.63, 3.8) is 0 Å². The maximum atomic E-state index is 11.4. The van der Waals surface area contributed by atoms with E-state index in [2.05, 4.69) is 0 Å². The van der Waals surface area contributed by atoms with E-state index < -0.39 is 11.1 Å². The normalized spacial score (nSPS) is 13.8. The second-order valence-electron chi connectivity index (χ2n) is 5.65. The van der Waals surface area contributed by atoms with Crippen LogP contribution in [0.4, 0.5) is 0 Å². The zero-order chi connectivity index (χ0) is 17.9. The molecule has 0 radical (unpaired) electrons. The van der Waals surface area contributed by atoms with Gasteiger partial charge in [-0.2, -0.15) is 0 Å². The molecule has 0 saturated heterocycles. The molecule has 0 aliphatic carbocycles. The molecule has 0 aliphatic heterocycles. The van der Waals surface area contributed by atoms with E-state index in [1.807, 2.05) is 31.1 Å². The third-order valence-corrected chi connectivity index (χ3v) is 4.78. The molecule has 0 saturated carbocycles. The van der Waals surface area contributed by atoms with Crippen LogP contribution in [0.3, 0.4) is 0 Å². The minimum atomic E-state index is -2.04. The lowest BCUT2D eigenvalue weighted by atomic mass is 9.90. The SMILES string of the molecule is COc1c(Cl)cc(Cl)cc1C(CN(C)C)c1cccc(S(=O)O)c1. The van der Waals surface area contributed by atoms with Crippen molar-refractivity contribution >= 4 is 34.3 Å². The summed E-state index contributed by atoms with van der Waals surface area (Å²) in [5.74, 6) is 0.443. The van der Waals surface area contributed by atoms with Gasteiger partial charge in [-0.1, -0.05) is 35.3 Å². The molecule has 2 rings (SSSR count). The van der Waals surface area contributed by atoms with Crippen molar-refractivity contribution in [1.29, 1.82) is 0 Å². The minimum Gasteiger partial charge on any atom is -0.495 e. The Balaban J connectivity index is 2.62. The zero-order valence-corrected chi connectivity index (χ0v) is 16.0. The van der Waals surface area contributed by atoms with Crippen LogP contribution in [-0.2, 0) is 11.1 Å². The van der Waals surface area contributed by atoms with Gasteiger partial charge in [0.05, 0.1) is 17.0 Å². The Labute approximate surface area is 154 Å². The number of methoxy groups -OCH3 is 1. The molecule has 1 N–H and O–H groups in total. The highest BCUT2D eigenvalue weighted by Crippen LogP contribution is 2.39. The van der Waals surface area contributed by atoms with Crippen LogP contribution in [0, 0.1) is 0 Å². The van der Waals surface area contributed by atoms with Crippen molar-refractivity contribution in [2.75, 3.05) is 27.7 Å². The molecule has 0 spiro atoms. The van der Waals surface area contributed by atoms with Gasteiger partial charge in [-0.15, -0.1) is 0 Å². The standard InChI is InChI=1S/C17H19Cl2NO3S/c1-20(2)10-15(11-5-4-6-13(7-11)24(21)22)14-8-12(18)9-16(19)17(14)23-3/h4-9,15H,10H2,1-3H3,(H,21,22). The molecular formula is C17H19Cl2NO3S. The average Bonchev–Trinajstić information content (AvgIpc) is 2.52. The number of hydrogen-bond acceptors (Lipinski definition) is 3. The van der Waals surface area contributed by atoms with E-state index in [4.69, 9.17) is 27.9 Å². The number of benzene rings is 2. The van der Waals surface area contributed by atoms with Crippen LogP contribution >= 0.6 is 23.2 Å². The number of rotatable bonds is 6. The van der Waals surface area contributed by atoms with Gasteiger partial charge in [0.2, 0.25) is 0 Å². The van der Waals surface area contributed by atoms with Crippen molar-refractivity contribution < 1.29 is 13.5 Å². The van der Waals surface area contributed by atoms with Crippen LogP contribution in [0.1, 0.15) is 17.0 Å². The summed E-state index contributed by atoms with van der Waals surface area (Å²) >= 11 is 10.4. The van der Waals surface area contributed by atoms with E-state index in [9.17, 15) is 8.76 Å². The van der Waals surface area contributed by atoms with Gasteiger partial charge >= 0.3 is 0 Å². The van der Waals surface area contributed by atoms with E-state index >= 15 is 0 Å². The van der Waals surface area contributed by atoms with E-state index in [1.54, 1.807) is 31.4 Å². The Bertz CT molecular complexity index is 753. The maximum Gasteiger partial charge on any atom is 0.186 e. The maximum absolute atomic E-state index is 11.4. The molecular weight excluding hydrogens is 369 g/mol. The van der Waals surface area contributed by atoms with Crippen LogP contribution in [0.15, 0.2) is 41.3 Å². The van der Waals surface area contributed by atoms with Crippen molar-refractivity contribution in [2.45, 2.75) is 10.8 Å². The fourth-order valence-corrected chi connectivity index (χ4v) is 3.66. The van der Waals surface area contributed by atoms with Crippen molar-refractivity contribution in [3.8, 4) is 5.75 Å². The molecule has 130 valence electrons. The van der Waals surface area contributed by atoms with Crippen molar-refractivity contribution in [1.82, 2.24) is 4.90 Å². The van der Waals surface area contributed by atoms with Gasteiger partial charge in [0.1, 0.15) is 5.75 Å². The molecule has 0 aliphatic rings. The highest BCUT2D eigenvalue weighted by molar-refractivity contribution is 7.79. The molecule has 2 unspecified atom stereocenters. The van der Waals surface area contributed by atoms with Gasteiger partial charge in [-0.25, -0.2) is 4.21 Å². The van der Waals surface area contributed by atoms with E-state index in [0.29, 0.717) is 27.2 Å². The Morgan fingerprint density at radius 2 is 1.96 bits per heavy atom. The predicted octanol–water partition coefficient (Wildman–Crippen LogP) is 4.28. The van der Waals surface area contributed by atoms with Crippen LogP contribution < -0.4 is 4.74 Å². The van der Waals surface area contributed by atoms with Crippen LogP contribution in [0.5, 0.6) is 5.75 Å². The molecule has 2 atom stereocenters. The number of halogens is 2. The zero-order valence-electron chi connectivity index (χ0n) is 13.6. The van der Waals surface area contributed by atoms with Gasteiger partial charge < -0.3 is 14.2 Å². The number of nitrogens with zero attached hydrogens (tertiary/aromatic N) is 1. The summed E-state index contributed by atoms with van der Waals surface area (Å²) in [5.41, 5.74) is 1.73. The van der Waals surface area contributed by atoms with Crippen molar-refractivity contribution in [2.24, 2.45) is 0 Å². The first kappa shape index (κ1) is 19.2. The Morgan fingerprint density at radius 1 is 1.25 bits per heavy atom. The van der Waals surface area contributed by atoms with Gasteiger partial charge in [0, 0.05) is 23.0 Å². The minimum absolute atomic E-state index is 0.116. The number of hydrogen-bond donors (Lipinski definition) is 1. The van der Waals surface area contributed by atoms with Crippen LogP contribution in [0.25, 0.3) is 0 Å². The number of ether oxygens (including phenoxy) is 1. The second-order valence-corrected chi connectivity index (χ2v) is 7.46. The molecule has 4 nitrogen and oxygen atoms in total. The lowest BCUT2D eigenvalue weighted by Crippen LogP contribution is -2.22. The van der Waals surface area contributed by atoms with Gasteiger partial charge in [-0.05, 0) is 43.9 Å².